The molecule has 1 saturated heterocycles. The molecule has 0 atom stereocenters. The maximum atomic E-state index is 13.2. The number of nitrogens with zero attached hydrogens (tertiary/aromatic N) is 5. The van der Waals surface area contributed by atoms with Gasteiger partial charge >= 0.3 is 0 Å². The van der Waals surface area contributed by atoms with E-state index in [-0.39, 0.29) is 10.7 Å². The van der Waals surface area contributed by atoms with Crippen LogP contribution >= 0.6 is 12.2 Å². The highest BCUT2D eigenvalue weighted by Gasteiger charge is 2.33. The quantitative estimate of drug-likeness (QED) is 0.117. The van der Waals surface area contributed by atoms with Crippen molar-refractivity contribution in [2.75, 3.05) is 6.54 Å². The molecule has 0 aliphatic carbocycles. The van der Waals surface area contributed by atoms with E-state index in [1.54, 1.807) is 6.08 Å². The second kappa shape index (κ2) is 11.3. The summed E-state index contributed by atoms with van der Waals surface area (Å²) in [5.74, 6) is -0.898. The van der Waals surface area contributed by atoms with Gasteiger partial charge in [0.1, 0.15) is 5.57 Å². The van der Waals surface area contributed by atoms with Crippen molar-refractivity contribution in [3.05, 3.63) is 89.1 Å². The molecular weight excluding hydrogens is 474 g/mol. The van der Waals surface area contributed by atoms with Crippen molar-refractivity contribution in [2.45, 2.75) is 13.0 Å². The summed E-state index contributed by atoms with van der Waals surface area (Å²) in [5.41, 5.74) is 7.09. The summed E-state index contributed by atoms with van der Waals surface area (Å²) < 4.78 is 1.93. The van der Waals surface area contributed by atoms with Gasteiger partial charge in [-0.3, -0.25) is 19.8 Å². The van der Waals surface area contributed by atoms with Crippen molar-refractivity contribution in [3.63, 3.8) is 0 Å². The number of carbonyl (C=O) groups excluding carboxylic acids is 2. The first-order chi connectivity index (χ1) is 17.5. The first-order valence-electron chi connectivity index (χ1n) is 11.2. The van der Waals surface area contributed by atoms with Crippen molar-refractivity contribution in [1.82, 2.24) is 20.3 Å². The Morgan fingerprint density at radius 2 is 1.78 bits per heavy atom. The van der Waals surface area contributed by atoms with Crippen molar-refractivity contribution in [2.24, 2.45) is 22.5 Å². The number of thiocarbonyl (C=S) groups is 1. The molecule has 2 heterocycles. The van der Waals surface area contributed by atoms with Gasteiger partial charge in [0.15, 0.2) is 5.11 Å². The van der Waals surface area contributed by atoms with Crippen LogP contribution in [0.25, 0.3) is 17.3 Å². The molecule has 10 heteroatoms. The maximum absolute atomic E-state index is 13.2. The number of hydrogen-bond donors (Lipinski definition) is 2. The molecule has 4 rings (SSSR count). The summed E-state index contributed by atoms with van der Waals surface area (Å²) in [4.78, 5) is 27.3. The topological polar surface area (TPSA) is 103 Å². The Labute approximate surface area is 214 Å². The van der Waals surface area contributed by atoms with Crippen LogP contribution in [0.2, 0.25) is 0 Å². The number of amides is 2. The number of nitrogens with one attached hydrogen (secondary N) is 2. The molecule has 2 amide bonds. The Balaban J connectivity index is 1.51. The molecule has 1 fully saturated rings. The lowest BCUT2D eigenvalue weighted by Crippen LogP contribution is -2.54. The molecule has 0 unspecified atom stereocenters. The molecule has 182 valence electrons. The molecule has 0 bridgehead atoms. The number of carbonyl (C=O) groups is 2. The van der Waals surface area contributed by atoms with E-state index >= 15 is 0 Å². The molecule has 0 radical (unpaired) electrons. The van der Waals surface area contributed by atoms with Crippen molar-refractivity contribution in [3.8, 4) is 11.3 Å². The zero-order chi connectivity index (χ0) is 25.5. The van der Waals surface area contributed by atoms with Crippen LogP contribution in [0.15, 0.2) is 87.7 Å². The number of hydrazone groups is 1. The fraction of sp³-hybridized carbons (Fsp3) is 0.154. The van der Waals surface area contributed by atoms with Crippen LogP contribution in [-0.2, 0) is 29.6 Å². The highest BCUT2D eigenvalue weighted by molar-refractivity contribution is 7.80. The third kappa shape index (κ3) is 5.61. The van der Waals surface area contributed by atoms with Crippen LogP contribution in [0, 0.1) is 0 Å². The second-order valence-corrected chi connectivity index (χ2v) is 8.45. The first-order valence-corrected chi connectivity index (χ1v) is 11.6. The molecule has 0 saturated carbocycles. The van der Waals surface area contributed by atoms with Crippen LogP contribution in [-0.4, -0.2) is 39.7 Å². The Morgan fingerprint density at radius 3 is 2.50 bits per heavy atom. The lowest BCUT2D eigenvalue weighted by molar-refractivity contribution is -0.128. The Hall–Kier alpha value is -4.44. The molecule has 0 spiro atoms. The van der Waals surface area contributed by atoms with E-state index in [1.807, 2.05) is 78.3 Å². The molecule has 9 nitrogen and oxygen atoms in total. The summed E-state index contributed by atoms with van der Waals surface area (Å²) >= 11 is 5.28. The van der Waals surface area contributed by atoms with Crippen molar-refractivity contribution in [1.29, 1.82) is 0 Å². The number of benzene rings is 2. The average Bonchev–Trinajstić information content (AvgIpc) is 3.25. The Kier molecular flexibility index (Phi) is 7.76. The summed E-state index contributed by atoms with van der Waals surface area (Å²) in [6.45, 7) is 4.05. The van der Waals surface area contributed by atoms with E-state index in [9.17, 15) is 9.59 Å². The van der Waals surface area contributed by atoms with Gasteiger partial charge in [0, 0.05) is 31.7 Å². The monoisotopic (exact) mass is 499 g/mol. The first kappa shape index (κ1) is 24.7. The molecule has 1 aliphatic rings. The third-order valence-corrected chi connectivity index (χ3v) is 6.12. The van der Waals surface area contributed by atoms with Crippen LogP contribution < -0.4 is 10.9 Å². The van der Waals surface area contributed by atoms with Gasteiger partial charge in [-0.2, -0.15) is 15.8 Å². The van der Waals surface area contributed by atoms with E-state index in [1.165, 1.54) is 4.90 Å². The Morgan fingerprint density at radius 1 is 1.03 bits per heavy atom. The maximum Gasteiger partial charge on any atom is 0.265 e. The minimum Gasteiger partial charge on any atom is -0.344 e. The Bertz CT molecular complexity index is 1340. The lowest BCUT2D eigenvalue weighted by Gasteiger charge is -2.29. The minimum atomic E-state index is -0.497. The SMILES string of the molecule is C=NNN=NCc1ccc(-c2ccc(/C=C3\C(=O)NC(=S)N(CCc4ccccc4)C3=O)n2C)cc1. The van der Waals surface area contributed by atoms with E-state index < -0.39 is 11.8 Å². The normalized spacial score (nSPS) is 15.0. The third-order valence-electron chi connectivity index (χ3n) is 5.79. The zero-order valence-electron chi connectivity index (χ0n) is 19.7. The molecule has 2 aromatic carbocycles. The van der Waals surface area contributed by atoms with Gasteiger partial charge in [0.05, 0.1) is 6.54 Å². The minimum absolute atomic E-state index is 0.0488. The molecule has 2 N–H and O–H groups in total. The summed E-state index contributed by atoms with van der Waals surface area (Å²) in [6.07, 6.45) is 2.23. The predicted octanol–water partition coefficient (Wildman–Crippen LogP) is 3.63. The highest BCUT2D eigenvalue weighted by Crippen LogP contribution is 2.24. The van der Waals surface area contributed by atoms with E-state index in [0.29, 0.717) is 19.5 Å². The van der Waals surface area contributed by atoms with Crippen LogP contribution in [0.1, 0.15) is 16.8 Å². The van der Waals surface area contributed by atoms with Gasteiger partial charge in [-0.15, -0.1) is 0 Å². The number of rotatable bonds is 9. The molecule has 1 aromatic heterocycles. The molecule has 36 heavy (non-hydrogen) atoms. The van der Waals surface area contributed by atoms with E-state index in [2.05, 4.69) is 33.0 Å². The molecule has 1 aliphatic heterocycles. The van der Waals surface area contributed by atoms with Gasteiger partial charge in [-0.1, -0.05) is 59.8 Å². The van der Waals surface area contributed by atoms with Gasteiger partial charge < -0.3 is 4.57 Å². The fourth-order valence-electron chi connectivity index (χ4n) is 3.85. The lowest BCUT2D eigenvalue weighted by atomic mass is 10.1. The fourth-order valence-corrected chi connectivity index (χ4v) is 4.12. The zero-order valence-corrected chi connectivity index (χ0v) is 20.5. The number of hydrogen-bond acceptors (Lipinski definition) is 6. The summed E-state index contributed by atoms with van der Waals surface area (Å²) in [7, 11) is 1.89. The second-order valence-electron chi connectivity index (χ2n) is 8.07. The van der Waals surface area contributed by atoms with Crippen LogP contribution in [0.5, 0.6) is 0 Å². The smallest absolute Gasteiger partial charge is 0.265 e. The molecule has 3 aromatic rings. The van der Waals surface area contributed by atoms with Gasteiger partial charge in [-0.05, 0) is 53.5 Å². The summed E-state index contributed by atoms with van der Waals surface area (Å²) in [5, 5.41) is 13.8. The summed E-state index contributed by atoms with van der Waals surface area (Å²) in [6, 6.07) is 21.5. The number of aromatic nitrogens is 1. The van der Waals surface area contributed by atoms with E-state index in [0.717, 1.165) is 28.1 Å². The van der Waals surface area contributed by atoms with Crippen LogP contribution in [0.4, 0.5) is 0 Å². The van der Waals surface area contributed by atoms with E-state index in [4.69, 9.17) is 12.2 Å². The average molecular weight is 500 g/mol. The van der Waals surface area contributed by atoms with Gasteiger partial charge in [-0.25, -0.2) is 0 Å². The van der Waals surface area contributed by atoms with Gasteiger partial charge in [0.2, 0.25) is 0 Å². The van der Waals surface area contributed by atoms with Crippen molar-refractivity contribution < 1.29 is 9.59 Å². The van der Waals surface area contributed by atoms with Crippen LogP contribution in [0.3, 0.4) is 0 Å². The highest BCUT2D eigenvalue weighted by atomic mass is 32.1. The largest absolute Gasteiger partial charge is 0.344 e. The predicted molar refractivity (Wildman–Crippen MR) is 143 cm³/mol. The van der Waals surface area contributed by atoms with Crippen molar-refractivity contribution >= 4 is 41.9 Å². The standard InChI is InChI=1S/C26H25N7O2S/c1-27-30-31-28-17-19-8-10-20(11-9-19)23-13-12-21(32(23)2)16-22-24(34)29-26(36)33(25(22)35)15-14-18-6-4-3-5-7-18/h3-13,16H,1,14-15,17H2,2H3,(H,28,30)(H,29,34,36)/b22-16+. The molecular formula is C26H25N7O2S. The van der Waals surface area contributed by atoms with Gasteiger partial charge in [0.25, 0.3) is 11.8 Å².